The average Bonchev–Trinajstić information content (AvgIpc) is 2.93. The highest BCUT2D eigenvalue weighted by Gasteiger charge is 2.12. The molecule has 6 heteroatoms. The zero-order valence-electron chi connectivity index (χ0n) is 9.64. The zero-order valence-corrected chi connectivity index (χ0v) is 12.0. The van der Waals surface area contributed by atoms with Gasteiger partial charge < -0.3 is 11.1 Å². The Hall–Kier alpha value is -1.56. The number of amides is 1. The average molecular weight is 309 g/mol. The van der Waals surface area contributed by atoms with E-state index in [9.17, 15) is 4.79 Å². The summed E-state index contributed by atoms with van der Waals surface area (Å²) in [6.45, 7) is 0. The second-order valence-corrected chi connectivity index (χ2v) is 6.41. The van der Waals surface area contributed by atoms with Crippen molar-refractivity contribution >= 4 is 61.0 Å². The molecule has 0 unspecified atom stereocenters. The van der Waals surface area contributed by atoms with Crippen molar-refractivity contribution in [1.29, 1.82) is 0 Å². The fraction of sp³-hybridized carbons (Fsp3) is 0. The van der Waals surface area contributed by atoms with Gasteiger partial charge in [0.25, 0.3) is 5.91 Å². The molecule has 3 nitrogen and oxygen atoms in total. The van der Waals surface area contributed by atoms with E-state index in [1.807, 2.05) is 17.5 Å². The van der Waals surface area contributed by atoms with E-state index < -0.39 is 0 Å². The quantitative estimate of drug-likeness (QED) is 0.687. The summed E-state index contributed by atoms with van der Waals surface area (Å²) in [6.07, 6.45) is 0. The van der Waals surface area contributed by atoms with Crippen molar-refractivity contribution in [2.75, 3.05) is 11.1 Å². The molecule has 3 N–H and O–H groups in total. The second kappa shape index (κ2) is 4.85. The number of nitrogens with one attached hydrogen (secondary N) is 1. The van der Waals surface area contributed by atoms with Gasteiger partial charge in [-0.05, 0) is 35.7 Å². The van der Waals surface area contributed by atoms with Crippen molar-refractivity contribution in [1.82, 2.24) is 0 Å². The Morgan fingerprint density at radius 2 is 2.05 bits per heavy atom. The highest BCUT2D eigenvalue weighted by atomic mass is 35.5. The molecule has 0 spiro atoms. The van der Waals surface area contributed by atoms with Crippen LogP contribution in [0.3, 0.4) is 0 Å². The maximum Gasteiger partial charge on any atom is 0.265 e. The van der Waals surface area contributed by atoms with Crippen molar-refractivity contribution in [2.45, 2.75) is 0 Å². The van der Waals surface area contributed by atoms with E-state index in [2.05, 4.69) is 5.32 Å². The summed E-state index contributed by atoms with van der Waals surface area (Å²) in [4.78, 5) is 12.8. The lowest BCUT2D eigenvalue weighted by molar-refractivity contribution is 0.103. The Balaban J connectivity index is 1.86. The van der Waals surface area contributed by atoms with E-state index in [-0.39, 0.29) is 5.91 Å². The monoisotopic (exact) mass is 308 g/mol. The number of nitrogens with two attached hydrogens (primary N) is 1. The van der Waals surface area contributed by atoms with Crippen molar-refractivity contribution in [3.8, 4) is 0 Å². The lowest BCUT2D eigenvalue weighted by atomic mass is 10.2. The summed E-state index contributed by atoms with van der Waals surface area (Å²) >= 11 is 8.92. The summed E-state index contributed by atoms with van der Waals surface area (Å²) in [5.41, 5.74) is 6.84. The first-order valence-electron chi connectivity index (χ1n) is 5.47. The first-order chi connectivity index (χ1) is 9.13. The van der Waals surface area contributed by atoms with Crippen LogP contribution >= 0.6 is 34.3 Å². The van der Waals surface area contributed by atoms with Gasteiger partial charge in [0.2, 0.25) is 0 Å². The number of benzene rings is 1. The molecule has 0 aliphatic carbocycles. The number of fused-ring (bicyclic) bond motifs is 1. The van der Waals surface area contributed by atoms with Crippen molar-refractivity contribution in [3.63, 3.8) is 0 Å². The highest BCUT2D eigenvalue weighted by Crippen LogP contribution is 2.31. The number of hydrogen-bond donors (Lipinski definition) is 2. The van der Waals surface area contributed by atoms with Crippen molar-refractivity contribution < 1.29 is 4.79 Å². The van der Waals surface area contributed by atoms with Gasteiger partial charge >= 0.3 is 0 Å². The molecular formula is C13H9ClN2OS2. The number of carbonyl (C=O) groups is 1. The molecule has 0 aliphatic rings. The molecule has 1 amide bonds. The molecule has 19 heavy (non-hydrogen) atoms. The molecule has 2 aromatic heterocycles. The summed E-state index contributed by atoms with van der Waals surface area (Å²) < 4.78 is 2.25. The molecule has 1 aromatic carbocycles. The molecule has 2 heterocycles. The Morgan fingerprint density at radius 1 is 1.21 bits per heavy atom. The first kappa shape index (κ1) is 12.5. The predicted octanol–water partition coefficient (Wildman–Crippen LogP) is 4.45. The molecule has 96 valence electrons. The standard InChI is InChI=1S/C13H9ClN2OS2/c14-7-1-2-9(8(15)5-7)16-13(17)12-6-11-10(19-12)3-4-18-11/h1-6H,15H2,(H,16,17). The minimum absolute atomic E-state index is 0.151. The van der Waals surface area contributed by atoms with Gasteiger partial charge in [-0.3, -0.25) is 4.79 Å². The third kappa shape index (κ3) is 2.45. The molecule has 0 aliphatic heterocycles. The first-order valence-corrected chi connectivity index (χ1v) is 7.54. The van der Waals surface area contributed by atoms with E-state index in [0.29, 0.717) is 21.3 Å². The topological polar surface area (TPSA) is 55.1 Å². The molecule has 0 saturated heterocycles. The number of halogens is 1. The number of nitrogen functional groups attached to an aromatic ring is 1. The van der Waals surface area contributed by atoms with Gasteiger partial charge in [-0.2, -0.15) is 0 Å². The van der Waals surface area contributed by atoms with Gasteiger partial charge in [0.1, 0.15) is 0 Å². The van der Waals surface area contributed by atoms with Crippen LogP contribution in [0, 0.1) is 0 Å². The highest BCUT2D eigenvalue weighted by molar-refractivity contribution is 7.27. The largest absolute Gasteiger partial charge is 0.397 e. The zero-order chi connectivity index (χ0) is 13.4. The number of anilines is 2. The minimum atomic E-state index is -0.151. The van der Waals surface area contributed by atoms with Crippen LogP contribution in [-0.4, -0.2) is 5.91 Å². The van der Waals surface area contributed by atoms with Gasteiger partial charge in [0.05, 0.1) is 16.3 Å². The molecule has 0 saturated carbocycles. The normalized spacial score (nSPS) is 10.8. The molecular weight excluding hydrogens is 300 g/mol. The van der Waals surface area contributed by atoms with E-state index >= 15 is 0 Å². The summed E-state index contributed by atoms with van der Waals surface area (Å²) in [6, 6.07) is 8.92. The van der Waals surface area contributed by atoms with Crippen LogP contribution in [0.2, 0.25) is 5.02 Å². The van der Waals surface area contributed by atoms with E-state index in [1.54, 1.807) is 29.5 Å². The Labute approximate surface area is 122 Å². The summed E-state index contributed by atoms with van der Waals surface area (Å²) in [7, 11) is 0. The van der Waals surface area contributed by atoms with Crippen LogP contribution in [0.1, 0.15) is 9.67 Å². The third-order valence-electron chi connectivity index (χ3n) is 2.62. The molecule has 0 fully saturated rings. The molecule has 0 bridgehead atoms. The third-order valence-corrected chi connectivity index (χ3v) is 4.95. The smallest absolute Gasteiger partial charge is 0.265 e. The SMILES string of the molecule is Nc1cc(Cl)ccc1NC(=O)c1cc2sccc2s1. The van der Waals surface area contributed by atoms with E-state index in [1.165, 1.54) is 11.3 Å². The maximum atomic E-state index is 12.1. The molecule has 0 radical (unpaired) electrons. The summed E-state index contributed by atoms with van der Waals surface area (Å²) in [5.74, 6) is -0.151. The number of hydrogen-bond acceptors (Lipinski definition) is 4. The number of carbonyl (C=O) groups excluding carboxylic acids is 1. The predicted molar refractivity (Wildman–Crippen MR) is 83.5 cm³/mol. The lowest BCUT2D eigenvalue weighted by Crippen LogP contribution is -2.11. The van der Waals surface area contributed by atoms with Gasteiger partial charge in [0, 0.05) is 14.4 Å². The Bertz CT molecular complexity index is 734. The summed E-state index contributed by atoms with van der Waals surface area (Å²) in [5, 5.41) is 5.36. The van der Waals surface area contributed by atoms with Crippen LogP contribution in [-0.2, 0) is 0 Å². The van der Waals surface area contributed by atoms with Crippen LogP contribution in [0.4, 0.5) is 11.4 Å². The number of rotatable bonds is 2. The molecule has 3 aromatic rings. The van der Waals surface area contributed by atoms with Crippen LogP contribution in [0.15, 0.2) is 35.7 Å². The van der Waals surface area contributed by atoms with Gasteiger partial charge in [-0.25, -0.2) is 0 Å². The van der Waals surface area contributed by atoms with Crippen LogP contribution < -0.4 is 11.1 Å². The molecule has 3 rings (SSSR count). The van der Waals surface area contributed by atoms with Crippen molar-refractivity contribution in [2.24, 2.45) is 0 Å². The number of thiophene rings is 2. The van der Waals surface area contributed by atoms with Crippen molar-refractivity contribution in [3.05, 3.63) is 45.6 Å². The maximum absolute atomic E-state index is 12.1. The molecule has 0 atom stereocenters. The fourth-order valence-corrected chi connectivity index (χ4v) is 3.89. The van der Waals surface area contributed by atoms with E-state index in [4.69, 9.17) is 17.3 Å². The van der Waals surface area contributed by atoms with Gasteiger partial charge in [-0.15, -0.1) is 22.7 Å². The van der Waals surface area contributed by atoms with Gasteiger partial charge in [-0.1, -0.05) is 11.6 Å². The lowest BCUT2D eigenvalue weighted by Gasteiger charge is -2.07. The Morgan fingerprint density at radius 3 is 2.79 bits per heavy atom. The van der Waals surface area contributed by atoms with E-state index in [0.717, 1.165) is 9.40 Å². The fourth-order valence-electron chi connectivity index (χ4n) is 1.71. The van der Waals surface area contributed by atoms with Crippen LogP contribution in [0.25, 0.3) is 9.40 Å². The van der Waals surface area contributed by atoms with Gasteiger partial charge in [0.15, 0.2) is 0 Å². The van der Waals surface area contributed by atoms with Crippen LogP contribution in [0.5, 0.6) is 0 Å². The minimum Gasteiger partial charge on any atom is -0.397 e. The Kier molecular flexibility index (Phi) is 3.18. The second-order valence-electron chi connectivity index (χ2n) is 3.95.